The Morgan fingerprint density at radius 1 is 1.44 bits per heavy atom. The fourth-order valence-electron chi connectivity index (χ4n) is 1.53. The van der Waals surface area contributed by atoms with E-state index in [4.69, 9.17) is 10.00 Å². The molecule has 1 aromatic rings. The molecule has 0 spiro atoms. The van der Waals surface area contributed by atoms with Gasteiger partial charge in [0.1, 0.15) is 17.4 Å². The van der Waals surface area contributed by atoms with Crippen LogP contribution in [-0.2, 0) is 4.74 Å². The summed E-state index contributed by atoms with van der Waals surface area (Å²) in [5, 5.41) is 11.9. The van der Waals surface area contributed by atoms with E-state index in [0.717, 1.165) is 13.1 Å². The van der Waals surface area contributed by atoms with E-state index in [-0.39, 0.29) is 5.56 Å². The first-order valence-electron chi connectivity index (χ1n) is 5.79. The summed E-state index contributed by atoms with van der Waals surface area (Å²) in [4.78, 5) is 2.10. The van der Waals surface area contributed by atoms with Gasteiger partial charge in [0.15, 0.2) is 0 Å². The summed E-state index contributed by atoms with van der Waals surface area (Å²) in [6, 6.07) is 6.45. The van der Waals surface area contributed by atoms with Gasteiger partial charge in [-0.25, -0.2) is 4.39 Å². The van der Waals surface area contributed by atoms with E-state index in [2.05, 4.69) is 10.2 Å². The minimum atomic E-state index is -0.491. The van der Waals surface area contributed by atoms with E-state index in [9.17, 15) is 4.39 Å². The molecule has 4 nitrogen and oxygen atoms in total. The third-order valence-electron chi connectivity index (χ3n) is 2.61. The fourth-order valence-corrected chi connectivity index (χ4v) is 1.53. The number of hydrogen-bond donors (Lipinski definition) is 1. The molecule has 0 saturated carbocycles. The van der Waals surface area contributed by atoms with E-state index >= 15 is 0 Å². The van der Waals surface area contributed by atoms with Crippen molar-refractivity contribution >= 4 is 5.69 Å². The van der Waals surface area contributed by atoms with Crippen molar-refractivity contribution in [2.45, 2.75) is 0 Å². The zero-order chi connectivity index (χ0) is 13.4. The van der Waals surface area contributed by atoms with Crippen LogP contribution in [0.25, 0.3) is 0 Å². The maximum absolute atomic E-state index is 13.3. The molecule has 0 aliphatic heterocycles. The predicted molar refractivity (Wildman–Crippen MR) is 69.0 cm³/mol. The first-order valence-corrected chi connectivity index (χ1v) is 5.79. The third kappa shape index (κ3) is 4.32. The number of hydrogen-bond acceptors (Lipinski definition) is 4. The lowest BCUT2D eigenvalue weighted by molar-refractivity contribution is 0.163. The number of ether oxygens (including phenoxy) is 1. The molecule has 0 aromatic heterocycles. The number of rotatable bonds is 7. The molecule has 0 bridgehead atoms. The van der Waals surface area contributed by atoms with Gasteiger partial charge in [-0.05, 0) is 19.2 Å². The number of benzene rings is 1. The van der Waals surface area contributed by atoms with Crippen LogP contribution in [0.2, 0.25) is 0 Å². The highest BCUT2D eigenvalue weighted by Crippen LogP contribution is 2.17. The van der Waals surface area contributed by atoms with Gasteiger partial charge in [0, 0.05) is 26.7 Å². The van der Waals surface area contributed by atoms with Crippen LogP contribution in [0.5, 0.6) is 0 Å². The van der Waals surface area contributed by atoms with Gasteiger partial charge in [0.25, 0.3) is 0 Å². The summed E-state index contributed by atoms with van der Waals surface area (Å²) in [6.45, 7) is 2.97. The van der Waals surface area contributed by atoms with Crippen molar-refractivity contribution in [2.75, 3.05) is 45.7 Å². The second kappa shape index (κ2) is 7.64. The Morgan fingerprint density at radius 2 is 2.22 bits per heavy atom. The minimum absolute atomic E-state index is 0.0667. The SMILES string of the molecule is COCCN(C)CCNc1cccc(F)c1C#N. The zero-order valence-corrected chi connectivity index (χ0v) is 10.7. The maximum Gasteiger partial charge on any atom is 0.143 e. The van der Waals surface area contributed by atoms with Gasteiger partial charge in [0.05, 0.1) is 12.3 Å². The first kappa shape index (κ1) is 14.4. The molecule has 1 aromatic carbocycles. The average Bonchev–Trinajstić information content (AvgIpc) is 2.36. The first-order chi connectivity index (χ1) is 8.69. The molecular formula is C13H18FN3O. The highest BCUT2D eigenvalue weighted by atomic mass is 19.1. The van der Waals surface area contributed by atoms with Gasteiger partial charge >= 0.3 is 0 Å². The zero-order valence-electron chi connectivity index (χ0n) is 10.7. The fraction of sp³-hybridized carbons (Fsp3) is 0.462. The second-order valence-electron chi connectivity index (χ2n) is 4.00. The van der Waals surface area contributed by atoms with Gasteiger partial charge in [-0.15, -0.1) is 0 Å². The summed E-state index contributed by atoms with van der Waals surface area (Å²) < 4.78 is 18.3. The van der Waals surface area contributed by atoms with Crippen LogP contribution < -0.4 is 5.32 Å². The van der Waals surface area contributed by atoms with Crippen molar-refractivity contribution < 1.29 is 9.13 Å². The van der Waals surface area contributed by atoms with Crippen LogP contribution in [0.15, 0.2) is 18.2 Å². The number of nitriles is 1. The molecule has 0 heterocycles. The molecule has 0 fully saturated rings. The molecule has 0 atom stereocenters. The molecular weight excluding hydrogens is 233 g/mol. The lowest BCUT2D eigenvalue weighted by Crippen LogP contribution is -2.28. The van der Waals surface area contributed by atoms with Crippen molar-refractivity contribution in [3.63, 3.8) is 0 Å². The number of halogens is 1. The second-order valence-corrected chi connectivity index (χ2v) is 4.00. The van der Waals surface area contributed by atoms with Crippen molar-refractivity contribution in [1.82, 2.24) is 4.90 Å². The molecule has 5 heteroatoms. The van der Waals surface area contributed by atoms with Crippen LogP contribution in [0, 0.1) is 17.1 Å². The highest BCUT2D eigenvalue weighted by Gasteiger charge is 2.07. The molecule has 0 amide bonds. The predicted octanol–water partition coefficient (Wildman–Crippen LogP) is 1.69. The van der Waals surface area contributed by atoms with Gasteiger partial charge < -0.3 is 15.0 Å². The molecule has 0 aliphatic carbocycles. The van der Waals surface area contributed by atoms with Gasteiger partial charge in [-0.1, -0.05) is 6.07 Å². The summed E-state index contributed by atoms with van der Waals surface area (Å²) in [5.74, 6) is -0.491. The summed E-state index contributed by atoms with van der Waals surface area (Å²) in [6.07, 6.45) is 0. The Balaban J connectivity index is 2.45. The third-order valence-corrected chi connectivity index (χ3v) is 2.61. The summed E-state index contributed by atoms with van der Waals surface area (Å²) >= 11 is 0. The molecule has 0 radical (unpaired) electrons. The van der Waals surface area contributed by atoms with Crippen molar-refractivity contribution in [3.05, 3.63) is 29.6 Å². The molecule has 0 saturated heterocycles. The number of likely N-dealkylation sites (N-methyl/N-ethyl adjacent to an activating group) is 1. The maximum atomic E-state index is 13.3. The summed E-state index contributed by atoms with van der Waals surface area (Å²) in [5.41, 5.74) is 0.606. The van der Waals surface area contributed by atoms with Gasteiger partial charge in [-0.2, -0.15) is 5.26 Å². The monoisotopic (exact) mass is 251 g/mol. The molecule has 18 heavy (non-hydrogen) atoms. The number of nitrogens with one attached hydrogen (secondary N) is 1. The van der Waals surface area contributed by atoms with Crippen LogP contribution in [0.3, 0.4) is 0 Å². The topological polar surface area (TPSA) is 48.3 Å². The van der Waals surface area contributed by atoms with E-state index in [0.29, 0.717) is 18.8 Å². The lowest BCUT2D eigenvalue weighted by atomic mass is 10.2. The highest BCUT2D eigenvalue weighted by molar-refractivity contribution is 5.57. The number of anilines is 1. The standard InChI is InChI=1S/C13H18FN3O/c1-17(8-9-18-2)7-6-16-13-5-3-4-12(14)11(13)10-15/h3-5,16H,6-9H2,1-2H3. The van der Waals surface area contributed by atoms with E-state index < -0.39 is 5.82 Å². The van der Waals surface area contributed by atoms with Crippen molar-refractivity contribution in [2.24, 2.45) is 0 Å². The molecule has 1 rings (SSSR count). The largest absolute Gasteiger partial charge is 0.383 e. The number of methoxy groups -OCH3 is 1. The molecule has 0 aliphatic rings. The number of nitrogens with zero attached hydrogens (tertiary/aromatic N) is 2. The van der Waals surface area contributed by atoms with E-state index in [1.807, 2.05) is 13.1 Å². The minimum Gasteiger partial charge on any atom is -0.383 e. The van der Waals surface area contributed by atoms with Crippen LogP contribution in [0.1, 0.15) is 5.56 Å². The van der Waals surface area contributed by atoms with E-state index in [1.54, 1.807) is 19.2 Å². The van der Waals surface area contributed by atoms with Crippen LogP contribution in [0.4, 0.5) is 10.1 Å². The average molecular weight is 251 g/mol. The molecule has 1 N–H and O–H groups in total. The normalized spacial score (nSPS) is 10.4. The Kier molecular flexibility index (Phi) is 6.12. The van der Waals surface area contributed by atoms with Gasteiger partial charge in [0.2, 0.25) is 0 Å². The van der Waals surface area contributed by atoms with Crippen LogP contribution in [-0.4, -0.2) is 45.3 Å². The van der Waals surface area contributed by atoms with Crippen LogP contribution >= 0.6 is 0 Å². The Bertz CT molecular complexity index is 417. The van der Waals surface area contributed by atoms with Crippen molar-refractivity contribution in [3.8, 4) is 6.07 Å². The lowest BCUT2D eigenvalue weighted by Gasteiger charge is -2.17. The van der Waals surface area contributed by atoms with Crippen molar-refractivity contribution in [1.29, 1.82) is 5.26 Å². The smallest absolute Gasteiger partial charge is 0.143 e. The van der Waals surface area contributed by atoms with E-state index in [1.165, 1.54) is 6.07 Å². The summed E-state index contributed by atoms with van der Waals surface area (Å²) in [7, 11) is 3.65. The quantitative estimate of drug-likeness (QED) is 0.801. The molecule has 0 unspecified atom stereocenters. The molecule has 98 valence electrons. The Hall–Kier alpha value is -1.64. The van der Waals surface area contributed by atoms with Gasteiger partial charge in [-0.3, -0.25) is 0 Å². The Morgan fingerprint density at radius 3 is 2.89 bits per heavy atom. The Labute approximate surface area is 107 Å².